The topological polar surface area (TPSA) is 74.7 Å². The van der Waals surface area contributed by atoms with Crippen LogP contribution in [0.15, 0.2) is 30.7 Å². The Balaban J connectivity index is 1.20. The fourth-order valence-electron chi connectivity index (χ4n) is 5.69. The number of piperazine rings is 1. The van der Waals surface area contributed by atoms with E-state index in [1.807, 2.05) is 31.0 Å². The number of hydrogen-bond acceptors (Lipinski definition) is 7. The summed E-state index contributed by atoms with van der Waals surface area (Å²) < 4.78 is 5.15. The summed E-state index contributed by atoms with van der Waals surface area (Å²) in [7, 11) is 0. The van der Waals surface area contributed by atoms with Crippen LogP contribution in [-0.4, -0.2) is 82.8 Å². The van der Waals surface area contributed by atoms with Gasteiger partial charge in [0, 0.05) is 74.9 Å². The second-order valence-corrected chi connectivity index (χ2v) is 9.34. The number of aromatic nitrogens is 3. The molecule has 0 bridgehead atoms. The van der Waals surface area contributed by atoms with Crippen LogP contribution in [0.4, 0.5) is 10.6 Å². The average molecular weight is 437 g/mol. The van der Waals surface area contributed by atoms with Crippen LogP contribution < -0.4 is 4.90 Å². The Hall–Kier alpha value is -2.74. The Labute approximate surface area is 189 Å². The second kappa shape index (κ2) is 8.65. The SMILES string of the molecule is CCOC(=O)N1CC2(CCC(N3CCN(c4ncccc4-c4nccnc4C)CC3)C2)C1. The molecule has 1 amide bonds. The van der Waals surface area contributed by atoms with Gasteiger partial charge in [0.05, 0.1) is 18.0 Å². The van der Waals surface area contributed by atoms with Gasteiger partial charge in [0.15, 0.2) is 0 Å². The van der Waals surface area contributed by atoms with Gasteiger partial charge < -0.3 is 14.5 Å². The first-order valence-corrected chi connectivity index (χ1v) is 11.7. The van der Waals surface area contributed by atoms with E-state index in [4.69, 9.17) is 9.72 Å². The Morgan fingerprint density at radius 1 is 1.12 bits per heavy atom. The van der Waals surface area contributed by atoms with Gasteiger partial charge in [0.1, 0.15) is 5.82 Å². The van der Waals surface area contributed by atoms with E-state index < -0.39 is 0 Å². The van der Waals surface area contributed by atoms with Crippen molar-refractivity contribution in [3.63, 3.8) is 0 Å². The molecule has 1 spiro atoms. The number of ether oxygens (including phenoxy) is 1. The van der Waals surface area contributed by atoms with Crippen molar-refractivity contribution < 1.29 is 9.53 Å². The predicted molar refractivity (Wildman–Crippen MR) is 122 cm³/mol. The standard InChI is InChI=1S/C24H32N6O2/c1-3-32-23(31)30-16-24(17-30)7-6-19(15-24)28-11-13-29(14-12-28)22-20(5-4-8-27-22)21-18(2)25-9-10-26-21/h4-5,8-10,19H,3,6-7,11-17H2,1-2H3. The number of nitrogens with zero attached hydrogens (tertiary/aromatic N) is 6. The number of likely N-dealkylation sites (tertiary alicyclic amines) is 1. The summed E-state index contributed by atoms with van der Waals surface area (Å²) in [5.74, 6) is 1.00. The Morgan fingerprint density at radius 2 is 1.91 bits per heavy atom. The lowest BCUT2D eigenvalue weighted by Crippen LogP contribution is -2.58. The number of carbonyl (C=O) groups excluding carboxylic acids is 1. The summed E-state index contributed by atoms with van der Waals surface area (Å²) in [6.45, 7) is 10.0. The van der Waals surface area contributed by atoms with Crippen molar-refractivity contribution in [1.82, 2.24) is 24.8 Å². The van der Waals surface area contributed by atoms with Gasteiger partial charge in [-0.25, -0.2) is 9.78 Å². The van der Waals surface area contributed by atoms with Gasteiger partial charge in [-0.15, -0.1) is 0 Å². The number of rotatable bonds is 4. The zero-order valence-corrected chi connectivity index (χ0v) is 19.0. The van der Waals surface area contributed by atoms with Crippen LogP contribution in [0.5, 0.6) is 0 Å². The fourth-order valence-corrected chi connectivity index (χ4v) is 5.69. The van der Waals surface area contributed by atoms with E-state index in [9.17, 15) is 4.79 Å². The van der Waals surface area contributed by atoms with E-state index >= 15 is 0 Å². The van der Waals surface area contributed by atoms with Gasteiger partial charge in [0.25, 0.3) is 0 Å². The minimum absolute atomic E-state index is 0.153. The predicted octanol–water partition coefficient (Wildman–Crippen LogP) is 2.98. The maximum atomic E-state index is 11.9. The molecule has 3 fully saturated rings. The maximum absolute atomic E-state index is 11.9. The lowest BCUT2D eigenvalue weighted by atomic mass is 9.78. The molecule has 1 atom stereocenters. The van der Waals surface area contributed by atoms with E-state index in [-0.39, 0.29) is 6.09 Å². The summed E-state index contributed by atoms with van der Waals surface area (Å²) in [4.78, 5) is 32.5. The Morgan fingerprint density at radius 3 is 2.66 bits per heavy atom. The molecule has 1 aliphatic carbocycles. The van der Waals surface area contributed by atoms with Crippen LogP contribution in [-0.2, 0) is 4.74 Å². The first-order valence-electron chi connectivity index (χ1n) is 11.7. The molecule has 8 nitrogen and oxygen atoms in total. The smallest absolute Gasteiger partial charge is 0.409 e. The summed E-state index contributed by atoms with van der Waals surface area (Å²) in [6, 6.07) is 4.68. The number of hydrogen-bond donors (Lipinski definition) is 0. The molecular formula is C24H32N6O2. The highest BCUT2D eigenvalue weighted by Gasteiger charge is 2.51. The van der Waals surface area contributed by atoms with Crippen molar-refractivity contribution in [3.8, 4) is 11.3 Å². The minimum atomic E-state index is -0.153. The largest absolute Gasteiger partial charge is 0.450 e. The van der Waals surface area contributed by atoms with Gasteiger partial charge in [-0.3, -0.25) is 14.9 Å². The molecule has 5 rings (SSSR count). The average Bonchev–Trinajstić information content (AvgIpc) is 3.25. The van der Waals surface area contributed by atoms with Gasteiger partial charge in [-0.1, -0.05) is 0 Å². The third kappa shape index (κ3) is 3.92. The summed E-state index contributed by atoms with van der Waals surface area (Å²) in [5, 5.41) is 0. The molecule has 0 radical (unpaired) electrons. The second-order valence-electron chi connectivity index (χ2n) is 9.34. The third-order valence-electron chi connectivity index (χ3n) is 7.31. The molecule has 170 valence electrons. The number of amides is 1. The Bertz CT molecular complexity index is 968. The highest BCUT2D eigenvalue weighted by molar-refractivity contribution is 5.74. The quantitative estimate of drug-likeness (QED) is 0.729. The molecule has 1 unspecified atom stereocenters. The van der Waals surface area contributed by atoms with Crippen LogP contribution in [0, 0.1) is 12.3 Å². The van der Waals surface area contributed by atoms with Gasteiger partial charge in [-0.05, 0) is 45.2 Å². The summed E-state index contributed by atoms with van der Waals surface area (Å²) in [5.41, 5.74) is 3.20. The van der Waals surface area contributed by atoms with Crippen molar-refractivity contribution >= 4 is 11.9 Å². The lowest BCUT2D eigenvalue weighted by molar-refractivity contribution is -0.00294. The van der Waals surface area contributed by atoms with Crippen molar-refractivity contribution in [2.24, 2.45) is 5.41 Å². The molecular weight excluding hydrogens is 404 g/mol. The van der Waals surface area contributed by atoms with Gasteiger partial charge >= 0.3 is 6.09 Å². The molecule has 4 heterocycles. The van der Waals surface area contributed by atoms with E-state index in [0.29, 0.717) is 18.1 Å². The summed E-state index contributed by atoms with van der Waals surface area (Å²) >= 11 is 0. The van der Waals surface area contributed by atoms with E-state index in [1.165, 1.54) is 19.3 Å². The van der Waals surface area contributed by atoms with Gasteiger partial charge in [0.2, 0.25) is 0 Å². The lowest BCUT2D eigenvalue weighted by Gasteiger charge is -2.48. The maximum Gasteiger partial charge on any atom is 0.409 e. The Kier molecular flexibility index (Phi) is 5.71. The van der Waals surface area contributed by atoms with Crippen LogP contribution in [0.2, 0.25) is 0 Å². The molecule has 2 aliphatic heterocycles. The van der Waals surface area contributed by atoms with Crippen molar-refractivity contribution in [1.29, 1.82) is 0 Å². The molecule has 1 saturated carbocycles. The van der Waals surface area contributed by atoms with Crippen molar-refractivity contribution in [3.05, 3.63) is 36.4 Å². The molecule has 2 aromatic rings. The van der Waals surface area contributed by atoms with Gasteiger partial charge in [-0.2, -0.15) is 0 Å². The number of anilines is 1. The summed E-state index contributed by atoms with van der Waals surface area (Å²) in [6.07, 6.45) is 8.82. The molecule has 32 heavy (non-hydrogen) atoms. The monoisotopic (exact) mass is 436 g/mol. The van der Waals surface area contributed by atoms with E-state index in [1.54, 1.807) is 12.4 Å². The number of carbonyl (C=O) groups is 1. The first-order chi connectivity index (χ1) is 15.6. The zero-order valence-electron chi connectivity index (χ0n) is 19.0. The third-order valence-corrected chi connectivity index (χ3v) is 7.31. The molecule has 0 aromatic carbocycles. The van der Waals surface area contributed by atoms with Crippen LogP contribution >= 0.6 is 0 Å². The highest BCUT2D eigenvalue weighted by atomic mass is 16.6. The molecule has 0 N–H and O–H groups in total. The van der Waals surface area contributed by atoms with Crippen LogP contribution in [0.1, 0.15) is 31.9 Å². The number of pyridine rings is 1. The van der Waals surface area contributed by atoms with Crippen molar-refractivity contribution in [2.45, 2.75) is 39.2 Å². The first kappa shape index (κ1) is 21.1. The van der Waals surface area contributed by atoms with Crippen LogP contribution in [0.25, 0.3) is 11.3 Å². The highest BCUT2D eigenvalue weighted by Crippen LogP contribution is 2.47. The normalized spacial score (nSPS) is 22.8. The minimum Gasteiger partial charge on any atom is -0.450 e. The molecule has 8 heteroatoms. The zero-order chi connectivity index (χ0) is 22.1. The molecule has 3 aliphatic rings. The van der Waals surface area contributed by atoms with E-state index in [0.717, 1.165) is 62.0 Å². The molecule has 2 saturated heterocycles. The molecule has 2 aromatic heterocycles. The van der Waals surface area contributed by atoms with E-state index in [2.05, 4.69) is 25.8 Å². The number of aryl methyl sites for hydroxylation is 1. The van der Waals surface area contributed by atoms with Crippen molar-refractivity contribution in [2.75, 3.05) is 50.8 Å². The van der Waals surface area contributed by atoms with Crippen LogP contribution in [0.3, 0.4) is 0 Å². The fraction of sp³-hybridized carbons (Fsp3) is 0.583.